The van der Waals surface area contributed by atoms with Crippen LogP contribution in [0.3, 0.4) is 0 Å². The zero-order valence-corrected chi connectivity index (χ0v) is 21.8. The second-order valence-electron chi connectivity index (χ2n) is 10.1. The monoisotopic (exact) mass is 550 g/mol. The van der Waals surface area contributed by atoms with Crippen molar-refractivity contribution in [1.82, 2.24) is 10.3 Å². The number of carbonyl (C=O) groups is 2. The van der Waals surface area contributed by atoms with Gasteiger partial charge in [-0.1, -0.05) is 29.8 Å². The fourth-order valence-electron chi connectivity index (χ4n) is 5.54. The summed E-state index contributed by atoms with van der Waals surface area (Å²) in [6.45, 7) is 2.00. The van der Waals surface area contributed by atoms with Gasteiger partial charge in [0.25, 0.3) is 11.8 Å². The minimum absolute atomic E-state index is 0.0547. The normalized spacial score (nSPS) is 22.4. The molecule has 1 saturated carbocycles. The standard InChI is InChI=1S/C29H25ClF2N4O3/c1-16-21(12-19(30)14-34-16)27(37)35-20-8-6-17(7-9-20)15-36-25-5-3-2-4-22(25)29(39,28(36)38)23-10-18(13-33)11-24(31)26(23)32/h2-5,10-12,14,17,20,39H,6-9,15H2,1H3,(H,35,37). The number of pyridine rings is 1. The number of aliphatic hydroxyl groups is 1. The second-order valence-corrected chi connectivity index (χ2v) is 10.5. The molecule has 10 heteroatoms. The van der Waals surface area contributed by atoms with Crippen LogP contribution in [0.1, 0.15) is 58.4 Å². The molecule has 2 aromatic carbocycles. The van der Waals surface area contributed by atoms with Crippen molar-refractivity contribution >= 4 is 29.1 Å². The fourth-order valence-corrected chi connectivity index (χ4v) is 5.70. The summed E-state index contributed by atoms with van der Waals surface area (Å²) in [6, 6.07) is 11.5. The highest BCUT2D eigenvalue weighted by Gasteiger charge is 2.53. The van der Waals surface area contributed by atoms with Crippen molar-refractivity contribution in [3.05, 3.63) is 93.3 Å². The van der Waals surface area contributed by atoms with Gasteiger partial charge < -0.3 is 15.3 Å². The number of hydrogen-bond donors (Lipinski definition) is 2. The summed E-state index contributed by atoms with van der Waals surface area (Å²) in [6.07, 6.45) is 4.26. The first-order valence-corrected chi connectivity index (χ1v) is 13.0. The number of nitrogens with one attached hydrogen (secondary N) is 1. The first-order chi connectivity index (χ1) is 18.6. The Morgan fingerprint density at radius 2 is 1.92 bits per heavy atom. The van der Waals surface area contributed by atoms with Crippen LogP contribution >= 0.6 is 11.6 Å². The third kappa shape index (κ3) is 4.75. The minimum atomic E-state index is -2.47. The van der Waals surface area contributed by atoms with Crippen LogP contribution in [0.5, 0.6) is 0 Å². The zero-order chi connectivity index (χ0) is 27.9. The minimum Gasteiger partial charge on any atom is -0.372 e. The molecule has 1 atom stereocenters. The predicted octanol–water partition coefficient (Wildman–Crippen LogP) is 4.76. The number of benzene rings is 2. The summed E-state index contributed by atoms with van der Waals surface area (Å²) >= 11 is 6.00. The highest BCUT2D eigenvalue weighted by atomic mass is 35.5. The molecule has 1 aliphatic heterocycles. The van der Waals surface area contributed by atoms with Gasteiger partial charge in [-0.15, -0.1) is 0 Å². The molecule has 2 aliphatic rings. The molecular weight excluding hydrogens is 526 g/mol. The molecule has 1 fully saturated rings. The van der Waals surface area contributed by atoms with Gasteiger partial charge >= 0.3 is 0 Å². The maximum Gasteiger partial charge on any atom is 0.268 e. The van der Waals surface area contributed by atoms with Crippen LogP contribution in [0.25, 0.3) is 0 Å². The molecule has 3 aromatic rings. The van der Waals surface area contributed by atoms with Gasteiger partial charge in [-0.2, -0.15) is 5.26 Å². The SMILES string of the molecule is Cc1ncc(Cl)cc1C(=O)NC1CCC(CN2C(=O)C(O)(c3cc(C#N)cc(F)c3F)c3ccccc32)CC1. The molecule has 1 aliphatic carbocycles. The van der Waals surface area contributed by atoms with Crippen molar-refractivity contribution in [2.24, 2.45) is 5.92 Å². The molecule has 0 saturated heterocycles. The summed E-state index contributed by atoms with van der Waals surface area (Å²) in [7, 11) is 0. The van der Waals surface area contributed by atoms with Crippen molar-refractivity contribution in [2.45, 2.75) is 44.2 Å². The van der Waals surface area contributed by atoms with Crippen molar-refractivity contribution < 1.29 is 23.5 Å². The van der Waals surface area contributed by atoms with Gasteiger partial charge in [0.05, 0.1) is 33.6 Å². The first kappa shape index (κ1) is 26.7. The van der Waals surface area contributed by atoms with Crippen LogP contribution in [-0.4, -0.2) is 34.5 Å². The van der Waals surface area contributed by atoms with E-state index in [0.717, 1.165) is 12.1 Å². The number of hydrogen-bond acceptors (Lipinski definition) is 5. The van der Waals surface area contributed by atoms with E-state index in [2.05, 4.69) is 10.3 Å². The maximum atomic E-state index is 14.9. The molecule has 2 N–H and O–H groups in total. The van der Waals surface area contributed by atoms with E-state index < -0.39 is 28.7 Å². The van der Waals surface area contributed by atoms with Crippen molar-refractivity contribution in [3.8, 4) is 6.07 Å². The van der Waals surface area contributed by atoms with Gasteiger partial charge in [0.1, 0.15) is 0 Å². The number of carbonyl (C=O) groups excluding carboxylic acids is 2. The van der Waals surface area contributed by atoms with Crippen LogP contribution in [0.4, 0.5) is 14.5 Å². The summed E-state index contributed by atoms with van der Waals surface area (Å²) in [5.41, 5.74) is -1.71. The van der Waals surface area contributed by atoms with Crippen molar-refractivity contribution in [1.29, 1.82) is 5.26 Å². The number of rotatable bonds is 5. The molecule has 0 bridgehead atoms. The zero-order valence-electron chi connectivity index (χ0n) is 21.0. The highest BCUT2D eigenvalue weighted by molar-refractivity contribution is 6.30. The van der Waals surface area contributed by atoms with E-state index >= 15 is 0 Å². The molecule has 5 rings (SSSR count). The van der Waals surface area contributed by atoms with E-state index in [-0.39, 0.29) is 35.5 Å². The second kappa shape index (κ2) is 10.4. The van der Waals surface area contributed by atoms with Crippen LogP contribution in [0, 0.1) is 35.8 Å². The van der Waals surface area contributed by atoms with Gasteiger partial charge in [0.15, 0.2) is 17.2 Å². The number of nitrogens with zero attached hydrogens (tertiary/aromatic N) is 3. The quantitative estimate of drug-likeness (QED) is 0.476. The Bertz CT molecular complexity index is 1520. The van der Waals surface area contributed by atoms with Crippen LogP contribution in [0.2, 0.25) is 5.02 Å². The molecular formula is C29H25ClF2N4O3. The van der Waals surface area contributed by atoms with Crippen molar-refractivity contribution in [2.75, 3.05) is 11.4 Å². The topological polar surface area (TPSA) is 106 Å². The van der Waals surface area contributed by atoms with Crippen LogP contribution in [0.15, 0.2) is 48.7 Å². The Balaban J connectivity index is 1.32. The first-order valence-electron chi connectivity index (χ1n) is 12.6. The maximum absolute atomic E-state index is 14.9. The number of halogens is 3. The van der Waals surface area contributed by atoms with E-state index in [4.69, 9.17) is 11.6 Å². The number of aryl methyl sites for hydroxylation is 1. The molecule has 7 nitrogen and oxygen atoms in total. The molecule has 2 amide bonds. The third-order valence-corrected chi connectivity index (χ3v) is 7.81. The Hall–Kier alpha value is -3.87. The summed E-state index contributed by atoms with van der Waals surface area (Å²) < 4.78 is 29.2. The molecule has 39 heavy (non-hydrogen) atoms. The van der Waals surface area contributed by atoms with Crippen LogP contribution in [-0.2, 0) is 10.4 Å². The summed E-state index contributed by atoms with van der Waals surface area (Å²) in [5.74, 6) is -3.67. The third-order valence-electron chi connectivity index (χ3n) is 7.61. The number of para-hydroxylation sites is 1. The van der Waals surface area contributed by atoms with Gasteiger partial charge in [-0.3, -0.25) is 14.6 Å². The average molecular weight is 551 g/mol. The lowest BCUT2D eigenvalue weighted by Crippen LogP contribution is -2.45. The number of anilines is 1. The lowest BCUT2D eigenvalue weighted by atomic mass is 9.85. The average Bonchev–Trinajstić information content (AvgIpc) is 3.15. The number of amides is 2. The molecule has 1 aromatic heterocycles. The summed E-state index contributed by atoms with van der Waals surface area (Å²) in [5, 5.41) is 24.3. The van der Waals surface area contributed by atoms with Gasteiger partial charge in [0.2, 0.25) is 0 Å². The lowest BCUT2D eigenvalue weighted by molar-refractivity contribution is -0.132. The largest absolute Gasteiger partial charge is 0.372 e. The summed E-state index contributed by atoms with van der Waals surface area (Å²) in [4.78, 5) is 32.0. The number of nitriles is 1. The molecule has 0 spiro atoms. The van der Waals surface area contributed by atoms with Gasteiger partial charge in [-0.05, 0) is 62.8 Å². The van der Waals surface area contributed by atoms with E-state index in [1.807, 2.05) is 0 Å². The van der Waals surface area contributed by atoms with E-state index in [9.17, 15) is 28.7 Å². The van der Waals surface area contributed by atoms with E-state index in [1.54, 1.807) is 37.3 Å². The molecule has 200 valence electrons. The lowest BCUT2D eigenvalue weighted by Gasteiger charge is -2.32. The number of aromatic nitrogens is 1. The fraction of sp³-hybridized carbons (Fsp3) is 0.310. The Morgan fingerprint density at radius 1 is 1.21 bits per heavy atom. The van der Waals surface area contributed by atoms with Gasteiger partial charge in [-0.25, -0.2) is 8.78 Å². The molecule has 0 radical (unpaired) electrons. The van der Waals surface area contributed by atoms with Crippen LogP contribution < -0.4 is 10.2 Å². The smallest absolute Gasteiger partial charge is 0.268 e. The Kier molecular flexibility index (Phi) is 7.10. The molecule has 2 heterocycles. The Morgan fingerprint density at radius 3 is 2.64 bits per heavy atom. The highest BCUT2D eigenvalue weighted by Crippen LogP contribution is 2.46. The number of fused-ring (bicyclic) bond motifs is 1. The van der Waals surface area contributed by atoms with Gasteiger partial charge in [0, 0.05) is 29.9 Å². The van der Waals surface area contributed by atoms with E-state index in [0.29, 0.717) is 47.7 Å². The Labute approximate surface area is 229 Å². The van der Waals surface area contributed by atoms with E-state index in [1.165, 1.54) is 17.2 Å². The van der Waals surface area contributed by atoms with Crippen molar-refractivity contribution in [3.63, 3.8) is 0 Å². The predicted molar refractivity (Wildman–Crippen MR) is 140 cm³/mol. The molecule has 1 unspecified atom stereocenters.